The van der Waals surface area contributed by atoms with Gasteiger partial charge < -0.3 is 0 Å². The van der Waals surface area contributed by atoms with E-state index in [4.69, 9.17) is 10.7 Å². The highest BCUT2D eigenvalue weighted by atomic mass is 35.7. The molecule has 0 fully saturated rings. The van der Waals surface area contributed by atoms with E-state index in [1.165, 1.54) is 7.05 Å². The molecule has 0 aliphatic rings. The van der Waals surface area contributed by atoms with Gasteiger partial charge in [0.15, 0.2) is 5.03 Å². The average Bonchev–Trinajstić information content (AvgIpc) is 2.11. The first-order chi connectivity index (χ1) is 4.52. The van der Waals surface area contributed by atoms with E-state index in [1.54, 1.807) is 0 Å². The van der Waals surface area contributed by atoms with Crippen LogP contribution >= 0.6 is 10.7 Å². The summed E-state index contributed by atoms with van der Waals surface area (Å²) in [7, 11) is 2.74. The topological polar surface area (TPSA) is 64.8 Å². The summed E-state index contributed by atoms with van der Waals surface area (Å²) in [4.78, 5) is 0. The Morgan fingerprint density at radius 2 is 2.30 bits per heavy atom. The molecular weight excluding hydrogens is 178 g/mol. The second kappa shape index (κ2) is 2.21. The molecule has 0 aliphatic carbocycles. The highest BCUT2D eigenvalue weighted by molar-refractivity contribution is 8.13. The van der Waals surface area contributed by atoms with Crippen LogP contribution in [0.4, 0.5) is 0 Å². The Labute approximate surface area is 62.0 Å². The van der Waals surface area contributed by atoms with Gasteiger partial charge in [-0.25, -0.2) is 13.1 Å². The summed E-state index contributed by atoms with van der Waals surface area (Å²) < 4.78 is 22.2. The van der Waals surface area contributed by atoms with Crippen molar-refractivity contribution < 1.29 is 8.42 Å². The molecule has 5 nitrogen and oxygen atoms in total. The van der Waals surface area contributed by atoms with Crippen LogP contribution in [0.3, 0.4) is 0 Å². The maximum Gasteiger partial charge on any atom is 0.279 e. The van der Waals surface area contributed by atoms with Crippen molar-refractivity contribution in [2.75, 3.05) is 0 Å². The molecule has 56 valence electrons. The smallest absolute Gasteiger partial charge is 0.236 e. The fourth-order valence-corrected chi connectivity index (χ4v) is 1.45. The van der Waals surface area contributed by atoms with Crippen LogP contribution in [-0.2, 0) is 16.1 Å². The zero-order valence-corrected chi connectivity index (χ0v) is 6.59. The monoisotopic (exact) mass is 181 g/mol. The van der Waals surface area contributed by atoms with Gasteiger partial charge in [0, 0.05) is 17.7 Å². The lowest BCUT2D eigenvalue weighted by atomic mass is 10.9. The van der Waals surface area contributed by atoms with Crippen LogP contribution in [0.1, 0.15) is 0 Å². The van der Waals surface area contributed by atoms with Gasteiger partial charge in [-0.3, -0.25) is 0 Å². The second-order valence-corrected chi connectivity index (χ2v) is 4.15. The van der Waals surface area contributed by atoms with Crippen molar-refractivity contribution in [3.63, 3.8) is 0 Å². The van der Waals surface area contributed by atoms with Crippen LogP contribution in [0.25, 0.3) is 0 Å². The van der Waals surface area contributed by atoms with Crippen molar-refractivity contribution in [1.82, 2.24) is 15.0 Å². The summed E-state index contributed by atoms with van der Waals surface area (Å²) in [5.41, 5.74) is 0. The molecule has 0 saturated carbocycles. The van der Waals surface area contributed by atoms with Crippen molar-refractivity contribution in [1.29, 1.82) is 0 Å². The van der Waals surface area contributed by atoms with Crippen LogP contribution in [-0.4, -0.2) is 23.4 Å². The lowest BCUT2D eigenvalue weighted by Crippen LogP contribution is -2.00. The molecule has 1 aromatic rings. The standard InChI is InChI=1S/C3H4ClN3O2S/c1-7-3(2-5-6-7)10(4,8)9/h2H,1H3. The van der Waals surface area contributed by atoms with Crippen LogP contribution in [0, 0.1) is 0 Å². The minimum Gasteiger partial charge on any atom is -0.236 e. The number of aromatic nitrogens is 3. The molecule has 1 heterocycles. The second-order valence-electron chi connectivity index (χ2n) is 1.63. The Hall–Kier alpha value is -0.620. The zero-order chi connectivity index (χ0) is 7.78. The van der Waals surface area contributed by atoms with Gasteiger partial charge in [-0.15, -0.1) is 5.10 Å². The number of nitrogens with zero attached hydrogens (tertiary/aromatic N) is 3. The van der Waals surface area contributed by atoms with Gasteiger partial charge in [0.25, 0.3) is 9.05 Å². The Morgan fingerprint density at radius 3 is 2.50 bits per heavy atom. The molecular formula is C3H4ClN3O2S. The maximum atomic E-state index is 10.6. The maximum absolute atomic E-state index is 10.6. The molecule has 0 aromatic carbocycles. The molecule has 1 rings (SSSR count). The molecule has 0 radical (unpaired) electrons. The fraction of sp³-hybridized carbons (Fsp3) is 0.333. The van der Waals surface area contributed by atoms with Gasteiger partial charge >= 0.3 is 0 Å². The Bertz CT molecular complexity index is 329. The van der Waals surface area contributed by atoms with Crippen LogP contribution in [0.5, 0.6) is 0 Å². The number of aryl methyl sites for hydroxylation is 1. The molecule has 0 bridgehead atoms. The molecule has 0 N–H and O–H groups in total. The van der Waals surface area contributed by atoms with Crippen molar-refractivity contribution >= 4 is 19.7 Å². The Balaban J connectivity index is 3.32. The van der Waals surface area contributed by atoms with Crippen molar-refractivity contribution in [2.24, 2.45) is 7.05 Å². The molecule has 0 saturated heterocycles. The highest BCUT2D eigenvalue weighted by Gasteiger charge is 2.14. The largest absolute Gasteiger partial charge is 0.279 e. The van der Waals surface area contributed by atoms with Gasteiger partial charge in [-0.1, -0.05) is 5.21 Å². The first-order valence-corrected chi connectivity index (χ1v) is 4.62. The summed E-state index contributed by atoms with van der Waals surface area (Å²) in [6, 6.07) is 0. The Kier molecular flexibility index (Phi) is 1.65. The fourth-order valence-electron chi connectivity index (χ4n) is 0.501. The molecule has 0 aliphatic heterocycles. The molecule has 0 amide bonds. The number of hydrogen-bond acceptors (Lipinski definition) is 4. The molecule has 0 unspecified atom stereocenters. The lowest BCUT2D eigenvalue weighted by molar-refractivity contribution is 0.587. The summed E-state index contributed by atoms with van der Waals surface area (Å²) in [6.07, 6.45) is 1.09. The molecule has 0 spiro atoms. The minimum absolute atomic E-state index is 0.103. The summed E-state index contributed by atoms with van der Waals surface area (Å²) in [6.45, 7) is 0. The first kappa shape index (κ1) is 7.49. The van der Waals surface area contributed by atoms with Crippen molar-refractivity contribution in [3.8, 4) is 0 Å². The highest BCUT2D eigenvalue weighted by Crippen LogP contribution is 2.10. The summed E-state index contributed by atoms with van der Waals surface area (Å²) in [5, 5.41) is 6.62. The van der Waals surface area contributed by atoms with E-state index < -0.39 is 9.05 Å². The first-order valence-electron chi connectivity index (χ1n) is 2.31. The number of halogens is 1. The normalized spacial score (nSPS) is 11.8. The van der Waals surface area contributed by atoms with E-state index >= 15 is 0 Å². The molecule has 10 heavy (non-hydrogen) atoms. The minimum atomic E-state index is -3.68. The number of rotatable bonds is 1. The van der Waals surface area contributed by atoms with Crippen LogP contribution < -0.4 is 0 Å². The third-order valence-corrected chi connectivity index (χ3v) is 2.27. The van der Waals surface area contributed by atoms with E-state index in [9.17, 15) is 8.42 Å². The van der Waals surface area contributed by atoms with Gasteiger partial charge in [-0.05, 0) is 0 Å². The summed E-state index contributed by atoms with van der Waals surface area (Å²) >= 11 is 0. The summed E-state index contributed by atoms with van der Waals surface area (Å²) in [5.74, 6) is 0. The van der Waals surface area contributed by atoms with Crippen molar-refractivity contribution in [2.45, 2.75) is 5.03 Å². The third kappa shape index (κ3) is 1.27. The quantitative estimate of drug-likeness (QED) is 0.560. The van der Waals surface area contributed by atoms with Gasteiger partial charge in [0.05, 0.1) is 6.20 Å². The molecule has 0 atom stereocenters. The SMILES string of the molecule is Cn1nncc1S(=O)(=O)Cl. The Morgan fingerprint density at radius 1 is 1.70 bits per heavy atom. The van der Waals surface area contributed by atoms with Crippen molar-refractivity contribution in [3.05, 3.63) is 6.20 Å². The lowest BCUT2D eigenvalue weighted by Gasteiger charge is -1.91. The molecule has 1 aromatic heterocycles. The van der Waals surface area contributed by atoms with Crippen LogP contribution in [0.15, 0.2) is 11.2 Å². The molecule has 7 heteroatoms. The van der Waals surface area contributed by atoms with Gasteiger partial charge in [0.1, 0.15) is 0 Å². The third-order valence-electron chi connectivity index (χ3n) is 0.923. The van der Waals surface area contributed by atoms with Gasteiger partial charge in [-0.2, -0.15) is 0 Å². The van der Waals surface area contributed by atoms with E-state index in [2.05, 4.69) is 10.3 Å². The number of hydrogen-bond donors (Lipinski definition) is 0. The van der Waals surface area contributed by atoms with Crippen LogP contribution in [0.2, 0.25) is 0 Å². The zero-order valence-electron chi connectivity index (χ0n) is 5.02. The van der Waals surface area contributed by atoms with Gasteiger partial charge in [0.2, 0.25) is 0 Å². The predicted molar refractivity (Wildman–Crippen MR) is 34.0 cm³/mol. The van der Waals surface area contributed by atoms with E-state index in [0.29, 0.717) is 0 Å². The predicted octanol–water partition coefficient (Wildman–Crippen LogP) is -0.257. The average molecular weight is 182 g/mol. The van der Waals surface area contributed by atoms with E-state index in [-0.39, 0.29) is 5.03 Å². The van der Waals surface area contributed by atoms with E-state index in [0.717, 1.165) is 10.9 Å². The van der Waals surface area contributed by atoms with E-state index in [1.807, 2.05) is 0 Å².